The monoisotopic (exact) mass is 381 g/mol. The summed E-state index contributed by atoms with van der Waals surface area (Å²) in [6.07, 6.45) is -2.78. The highest BCUT2D eigenvalue weighted by Gasteiger charge is 2.28. The largest absolute Gasteiger partial charge is 0.484 e. The van der Waals surface area contributed by atoms with Crippen LogP contribution < -0.4 is 15.0 Å². The molecule has 0 unspecified atom stereocenters. The topological polar surface area (TPSA) is 63.7 Å². The SMILES string of the molecule is O=C(Nc1ccc(OCC(F)(F)F)cc1)c1cccnc1N1CCOCC1. The van der Waals surface area contributed by atoms with Crippen molar-refractivity contribution in [2.75, 3.05) is 43.1 Å². The van der Waals surface area contributed by atoms with Crippen molar-refractivity contribution < 1.29 is 27.4 Å². The number of aromatic nitrogens is 1. The third kappa shape index (κ3) is 5.33. The van der Waals surface area contributed by atoms with E-state index in [1.165, 1.54) is 24.3 Å². The molecular formula is C18H18F3N3O3. The smallest absolute Gasteiger partial charge is 0.422 e. The van der Waals surface area contributed by atoms with Crippen molar-refractivity contribution in [3.05, 3.63) is 48.2 Å². The Morgan fingerprint density at radius 1 is 1.19 bits per heavy atom. The van der Waals surface area contributed by atoms with Gasteiger partial charge in [-0.3, -0.25) is 4.79 Å². The molecule has 0 saturated carbocycles. The summed E-state index contributed by atoms with van der Waals surface area (Å²) in [5.74, 6) is 0.290. The number of benzene rings is 1. The molecule has 1 saturated heterocycles. The molecule has 1 amide bonds. The number of anilines is 2. The predicted molar refractivity (Wildman–Crippen MR) is 93.2 cm³/mol. The van der Waals surface area contributed by atoms with Crippen LogP contribution in [0, 0.1) is 0 Å². The van der Waals surface area contributed by atoms with Gasteiger partial charge < -0.3 is 19.7 Å². The van der Waals surface area contributed by atoms with Gasteiger partial charge in [0.1, 0.15) is 11.6 Å². The molecule has 6 nitrogen and oxygen atoms in total. The minimum atomic E-state index is -4.40. The van der Waals surface area contributed by atoms with Crippen molar-refractivity contribution in [3.63, 3.8) is 0 Å². The quantitative estimate of drug-likeness (QED) is 0.862. The number of hydrogen-bond donors (Lipinski definition) is 1. The molecule has 1 aliphatic rings. The number of ether oxygens (including phenoxy) is 2. The van der Waals surface area contributed by atoms with Crippen LogP contribution in [0.15, 0.2) is 42.6 Å². The van der Waals surface area contributed by atoms with Crippen LogP contribution in [0.4, 0.5) is 24.7 Å². The Morgan fingerprint density at radius 2 is 1.89 bits per heavy atom. The van der Waals surface area contributed by atoms with E-state index in [-0.39, 0.29) is 11.7 Å². The maximum atomic E-state index is 12.6. The minimum Gasteiger partial charge on any atom is -0.484 e. The van der Waals surface area contributed by atoms with Crippen molar-refractivity contribution in [1.82, 2.24) is 4.98 Å². The molecular weight excluding hydrogens is 363 g/mol. The molecule has 1 aromatic carbocycles. The summed E-state index contributed by atoms with van der Waals surface area (Å²) < 4.78 is 46.5. The van der Waals surface area contributed by atoms with Crippen molar-refractivity contribution in [2.45, 2.75) is 6.18 Å². The molecule has 1 fully saturated rings. The number of morpholine rings is 1. The van der Waals surface area contributed by atoms with Gasteiger partial charge in [-0.25, -0.2) is 4.98 Å². The third-order valence-electron chi connectivity index (χ3n) is 3.86. The number of carbonyl (C=O) groups excluding carboxylic acids is 1. The molecule has 9 heteroatoms. The fourth-order valence-electron chi connectivity index (χ4n) is 2.60. The summed E-state index contributed by atoms with van der Waals surface area (Å²) in [6.45, 7) is 1.05. The molecule has 0 aliphatic carbocycles. The van der Waals surface area contributed by atoms with Gasteiger partial charge >= 0.3 is 6.18 Å². The summed E-state index contributed by atoms with van der Waals surface area (Å²) in [5, 5.41) is 2.72. The third-order valence-corrected chi connectivity index (χ3v) is 3.86. The normalized spacial score (nSPS) is 14.7. The number of alkyl halides is 3. The lowest BCUT2D eigenvalue weighted by Gasteiger charge is -2.29. The van der Waals surface area contributed by atoms with Gasteiger partial charge in [0.2, 0.25) is 0 Å². The van der Waals surface area contributed by atoms with Crippen LogP contribution in [0.1, 0.15) is 10.4 Å². The fourth-order valence-corrected chi connectivity index (χ4v) is 2.60. The first kappa shape index (κ1) is 19.0. The zero-order chi connectivity index (χ0) is 19.3. The van der Waals surface area contributed by atoms with Crippen LogP contribution in [0.25, 0.3) is 0 Å². The van der Waals surface area contributed by atoms with Gasteiger partial charge in [0.25, 0.3) is 5.91 Å². The van der Waals surface area contributed by atoms with Gasteiger partial charge in [-0.2, -0.15) is 13.2 Å². The van der Waals surface area contributed by atoms with E-state index in [0.717, 1.165) is 0 Å². The van der Waals surface area contributed by atoms with Crippen molar-refractivity contribution in [3.8, 4) is 5.75 Å². The van der Waals surface area contributed by atoms with Crippen molar-refractivity contribution in [2.24, 2.45) is 0 Å². The lowest BCUT2D eigenvalue weighted by molar-refractivity contribution is -0.153. The Labute approximate surface area is 153 Å². The van der Waals surface area contributed by atoms with Crippen LogP contribution in [0.3, 0.4) is 0 Å². The second kappa shape index (κ2) is 8.26. The highest BCUT2D eigenvalue weighted by Crippen LogP contribution is 2.22. The Kier molecular flexibility index (Phi) is 5.80. The number of rotatable bonds is 5. The molecule has 3 rings (SSSR count). The van der Waals surface area contributed by atoms with Gasteiger partial charge in [-0.05, 0) is 36.4 Å². The van der Waals surface area contributed by atoms with E-state index < -0.39 is 12.8 Å². The number of nitrogens with one attached hydrogen (secondary N) is 1. The lowest BCUT2D eigenvalue weighted by atomic mass is 10.2. The molecule has 2 heterocycles. The number of carbonyl (C=O) groups is 1. The van der Waals surface area contributed by atoms with E-state index in [1.807, 2.05) is 4.90 Å². The first-order chi connectivity index (χ1) is 12.9. The Bertz CT molecular complexity index is 775. The first-order valence-corrected chi connectivity index (χ1v) is 8.31. The van der Waals surface area contributed by atoms with Gasteiger partial charge in [0.05, 0.1) is 18.8 Å². The number of amides is 1. The second-order valence-electron chi connectivity index (χ2n) is 5.86. The molecule has 27 heavy (non-hydrogen) atoms. The van der Waals surface area contributed by atoms with Crippen LogP contribution in [-0.4, -0.2) is 50.0 Å². The molecule has 1 N–H and O–H groups in total. The standard InChI is InChI=1S/C18H18F3N3O3/c19-18(20,21)12-27-14-5-3-13(4-6-14)23-17(25)15-2-1-7-22-16(15)24-8-10-26-11-9-24/h1-7H,8-12H2,(H,23,25). The van der Waals surface area contributed by atoms with E-state index in [1.54, 1.807) is 18.3 Å². The molecule has 1 aromatic heterocycles. The number of pyridine rings is 1. The van der Waals surface area contributed by atoms with Crippen LogP contribution in [0.2, 0.25) is 0 Å². The van der Waals surface area contributed by atoms with Crippen LogP contribution in [0.5, 0.6) is 5.75 Å². The average Bonchev–Trinajstić information content (AvgIpc) is 2.67. The van der Waals surface area contributed by atoms with E-state index >= 15 is 0 Å². The minimum absolute atomic E-state index is 0.0701. The number of hydrogen-bond acceptors (Lipinski definition) is 5. The average molecular weight is 381 g/mol. The van der Waals surface area contributed by atoms with E-state index in [0.29, 0.717) is 43.4 Å². The lowest BCUT2D eigenvalue weighted by Crippen LogP contribution is -2.38. The molecule has 2 aromatic rings. The van der Waals surface area contributed by atoms with Gasteiger partial charge in [0.15, 0.2) is 6.61 Å². The summed E-state index contributed by atoms with van der Waals surface area (Å²) in [5.41, 5.74) is 0.855. The maximum absolute atomic E-state index is 12.6. The van der Waals surface area contributed by atoms with Gasteiger partial charge in [-0.1, -0.05) is 0 Å². The summed E-state index contributed by atoms with van der Waals surface area (Å²) in [6, 6.07) is 9.05. The Hall–Kier alpha value is -2.81. The highest BCUT2D eigenvalue weighted by molar-refractivity contribution is 6.07. The van der Waals surface area contributed by atoms with Crippen molar-refractivity contribution >= 4 is 17.4 Å². The Morgan fingerprint density at radius 3 is 2.56 bits per heavy atom. The fraction of sp³-hybridized carbons (Fsp3) is 0.333. The molecule has 0 atom stereocenters. The van der Waals surface area contributed by atoms with Crippen molar-refractivity contribution in [1.29, 1.82) is 0 Å². The zero-order valence-corrected chi connectivity index (χ0v) is 14.3. The van der Waals surface area contributed by atoms with Crippen LogP contribution in [-0.2, 0) is 4.74 Å². The molecule has 1 aliphatic heterocycles. The Balaban J connectivity index is 1.67. The van der Waals surface area contributed by atoms with E-state index in [2.05, 4.69) is 15.0 Å². The summed E-state index contributed by atoms with van der Waals surface area (Å²) in [7, 11) is 0. The second-order valence-corrected chi connectivity index (χ2v) is 5.86. The predicted octanol–water partition coefficient (Wildman–Crippen LogP) is 3.11. The first-order valence-electron chi connectivity index (χ1n) is 8.31. The van der Waals surface area contributed by atoms with E-state index in [4.69, 9.17) is 4.74 Å². The van der Waals surface area contributed by atoms with Gasteiger partial charge in [0, 0.05) is 25.0 Å². The maximum Gasteiger partial charge on any atom is 0.422 e. The number of nitrogens with zero attached hydrogens (tertiary/aromatic N) is 2. The van der Waals surface area contributed by atoms with E-state index in [9.17, 15) is 18.0 Å². The summed E-state index contributed by atoms with van der Waals surface area (Å²) >= 11 is 0. The zero-order valence-electron chi connectivity index (χ0n) is 14.3. The molecule has 0 radical (unpaired) electrons. The van der Waals surface area contributed by atoms with Crippen LogP contribution >= 0.6 is 0 Å². The highest BCUT2D eigenvalue weighted by atomic mass is 19.4. The molecule has 0 spiro atoms. The number of halogens is 3. The molecule has 144 valence electrons. The molecule has 0 bridgehead atoms. The van der Waals surface area contributed by atoms with Gasteiger partial charge in [-0.15, -0.1) is 0 Å². The summed E-state index contributed by atoms with van der Waals surface area (Å²) in [4.78, 5) is 18.9.